The second kappa shape index (κ2) is 11.1. The van der Waals surface area contributed by atoms with Crippen LogP contribution in [0, 0.1) is 0 Å². The monoisotopic (exact) mass is 509 g/mol. The van der Waals surface area contributed by atoms with Crippen LogP contribution in [-0.2, 0) is 0 Å². The number of aliphatic hydroxyl groups is 1. The second-order valence-electron chi connectivity index (χ2n) is 9.13. The summed E-state index contributed by atoms with van der Waals surface area (Å²) in [5.74, 6) is -0.731. The quantitative estimate of drug-likeness (QED) is 0.278. The van der Waals surface area contributed by atoms with Crippen LogP contribution in [0.4, 0.5) is 17.1 Å². The molecule has 4 N–H and O–H groups in total. The molecule has 0 bridgehead atoms. The number of hydrogen-bond acceptors (Lipinski definition) is 6. The maximum Gasteiger partial charge on any atom is 0.273 e. The van der Waals surface area contributed by atoms with Gasteiger partial charge in [0.05, 0.1) is 6.10 Å². The van der Waals surface area contributed by atoms with Gasteiger partial charge in [0.2, 0.25) is 0 Å². The van der Waals surface area contributed by atoms with E-state index < -0.39 is 0 Å². The van der Waals surface area contributed by atoms with Crippen molar-refractivity contribution in [3.05, 3.63) is 107 Å². The number of hydrogen-bond donors (Lipinski definition) is 4. The lowest BCUT2D eigenvalue weighted by Crippen LogP contribution is -2.35. The van der Waals surface area contributed by atoms with Crippen molar-refractivity contribution in [1.82, 2.24) is 10.2 Å². The van der Waals surface area contributed by atoms with Crippen molar-refractivity contribution >= 4 is 34.7 Å². The van der Waals surface area contributed by atoms with Gasteiger partial charge in [0.1, 0.15) is 5.69 Å². The zero-order chi connectivity index (χ0) is 26.5. The van der Waals surface area contributed by atoms with E-state index in [9.17, 15) is 19.5 Å². The number of amides is 2. The molecule has 3 aromatic carbocycles. The van der Waals surface area contributed by atoms with Gasteiger partial charge in [-0.2, -0.15) is 5.10 Å². The van der Waals surface area contributed by atoms with Crippen molar-refractivity contribution in [2.75, 3.05) is 28.6 Å². The second-order valence-corrected chi connectivity index (χ2v) is 9.13. The predicted molar refractivity (Wildman–Crippen MR) is 145 cm³/mol. The van der Waals surface area contributed by atoms with Gasteiger partial charge in [-0.15, -0.1) is 0 Å². The number of benzene rings is 3. The average molecular weight is 510 g/mol. The molecule has 1 fully saturated rings. The lowest BCUT2D eigenvalue weighted by Gasteiger charge is -2.31. The third-order valence-electron chi connectivity index (χ3n) is 6.51. The van der Waals surface area contributed by atoms with Crippen molar-refractivity contribution in [1.29, 1.82) is 0 Å². The summed E-state index contributed by atoms with van der Waals surface area (Å²) in [4.78, 5) is 39.9. The zero-order valence-electron chi connectivity index (χ0n) is 20.6. The van der Waals surface area contributed by atoms with Crippen LogP contribution in [-0.4, -0.2) is 52.1 Å². The Morgan fingerprint density at radius 1 is 0.737 bits per heavy atom. The predicted octanol–water partition coefficient (Wildman–Crippen LogP) is 4.11. The number of carbonyl (C=O) groups is 3. The standard InChI is InChI=1S/C29H27N5O4/c35-25-14-17-34(18-15-25)24-11-5-21(6-12-24)28(37)31-22-7-1-19(2-8-22)27(36)20-3-9-23(10-4-20)32-29(38)26-13-16-30-33-26/h1-13,16,25,35H,14-15,17-18H2,(H,30,33)(H,31,37)(H,32,38). The Hall–Kier alpha value is -4.76. The molecule has 1 saturated heterocycles. The molecule has 5 rings (SSSR count). The van der Waals surface area contributed by atoms with E-state index in [2.05, 4.69) is 25.7 Å². The van der Waals surface area contributed by atoms with Gasteiger partial charge in [0.25, 0.3) is 11.8 Å². The molecule has 0 unspecified atom stereocenters. The Morgan fingerprint density at radius 3 is 1.79 bits per heavy atom. The molecular formula is C29H27N5O4. The van der Waals surface area contributed by atoms with Crippen LogP contribution in [0.5, 0.6) is 0 Å². The first-order valence-electron chi connectivity index (χ1n) is 12.4. The van der Waals surface area contributed by atoms with Crippen LogP contribution >= 0.6 is 0 Å². The first-order chi connectivity index (χ1) is 18.5. The Morgan fingerprint density at radius 2 is 1.26 bits per heavy atom. The van der Waals surface area contributed by atoms with E-state index in [-0.39, 0.29) is 23.7 Å². The Labute approximate surface area is 219 Å². The molecular weight excluding hydrogens is 482 g/mol. The summed E-state index contributed by atoms with van der Waals surface area (Å²) in [7, 11) is 0. The van der Waals surface area contributed by atoms with Crippen molar-refractivity contribution in [2.45, 2.75) is 18.9 Å². The van der Waals surface area contributed by atoms with E-state index in [0.29, 0.717) is 33.8 Å². The summed E-state index contributed by atoms with van der Waals surface area (Å²) in [6.45, 7) is 1.59. The largest absolute Gasteiger partial charge is 0.393 e. The first-order valence-corrected chi connectivity index (χ1v) is 12.4. The minimum atomic E-state index is -0.321. The number of ketones is 1. The molecule has 0 radical (unpaired) electrons. The molecule has 2 amide bonds. The van der Waals surface area contributed by atoms with E-state index in [1.165, 1.54) is 6.20 Å². The number of aliphatic hydroxyl groups excluding tert-OH is 1. The SMILES string of the molecule is O=C(Nc1ccc(C(=O)c2ccc(NC(=O)c3ccn[nH]3)cc2)cc1)c1ccc(N2CCC(O)CC2)cc1. The smallest absolute Gasteiger partial charge is 0.273 e. The van der Waals surface area contributed by atoms with Gasteiger partial charge in [-0.25, -0.2) is 0 Å². The van der Waals surface area contributed by atoms with E-state index in [4.69, 9.17) is 0 Å². The van der Waals surface area contributed by atoms with Gasteiger partial charge < -0.3 is 20.6 Å². The molecule has 1 aromatic heterocycles. The Balaban J connectivity index is 1.17. The highest BCUT2D eigenvalue weighted by atomic mass is 16.3. The normalized spacial score (nSPS) is 13.7. The third kappa shape index (κ3) is 5.79. The molecule has 192 valence electrons. The van der Waals surface area contributed by atoms with E-state index in [1.54, 1.807) is 66.7 Å². The molecule has 0 aliphatic carbocycles. The Bertz CT molecular complexity index is 1410. The molecule has 1 aliphatic heterocycles. The molecule has 1 aliphatic rings. The number of piperidine rings is 1. The van der Waals surface area contributed by atoms with Gasteiger partial charge in [0.15, 0.2) is 5.78 Å². The van der Waals surface area contributed by atoms with Crippen molar-refractivity contribution in [3.63, 3.8) is 0 Å². The van der Waals surface area contributed by atoms with Crippen molar-refractivity contribution in [2.24, 2.45) is 0 Å². The molecule has 0 atom stereocenters. The highest BCUT2D eigenvalue weighted by Crippen LogP contribution is 2.22. The summed E-state index contributed by atoms with van der Waals surface area (Å²) in [6, 6.07) is 22.3. The van der Waals surface area contributed by atoms with Gasteiger partial charge >= 0.3 is 0 Å². The lowest BCUT2D eigenvalue weighted by atomic mass is 10.0. The molecule has 9 nitrogen and oxygen atoms in total. The van der Waals surface area contributed by atoms with E-state index in [1.807, 2.05) is 12.1 Å². The van der Waals surface area contributed by atoms with Gasteiger partial charge in [0, 0.05) is 53.0 Å². The van der Waals surface area contributed by atoms with Crippen LogP contribution in [0.1, 0.15) is 49.6 Å². The zero-order valence-corrected chi connectivity index (χ0v) is 20.6. The third-order valence-corrected chi connectivity index (χ3v) is 6.51. The molecule has 4 aromatic rings. The van der Waals surface area contributed by atoms with Crippen LogP contribution < -0.4 is 15.5 Å². The lowest BCUT2D eigenvalue weighted by molar-refractivity contribution is 0.101. The number of carbonyl (C=O) groups excluding carboxylic acids is 3. The molecule has 9 heteroatoms. The molecule has 0 spiro atoms. The molecule has 2 heterocycles. The highest BCUT2D eigenvalue weighted by Gasteiger charge is 2.18. The minimum absolute atomic E-state index is 0.171. The molecule has 0 saturated carbocycles. The summed E-state index contributed by atoms with van der Waals surface area (Å²) in [5, 5.41) is 21.6. The Kier molecular flexibility index (Phi) is 7.28. The summed E-state index contributed by atoms with van der Waals surface area (Å²) < 4.78 is 0. The van der Waals surface area contributed by atoms with E-state index >= 15 is 0 Å². The number of aromatic amines is 1. The molecule has 38 heavy (non-hydrogen) atoms. The fraction of sp³-hybridized carbons (Fsp3) is 0.172. The van der Waals surface area contributed by atoms with Gasteiger partial charge in [-0.1, -0.05) is 0 Å². The number of aromatic nitrogens is 2. The number of rotatable bonds is 7. The summed E-state index contributed by atoms with van der Waals surface area (Å²) in [6.07, 6.45) is 2.76. The van der Waals surface area contributed by atoms with E-state index in [0.717, 1.165) is 31.6 Å². The first kappa shape index (κ1) is 24.9. The van der Waals surface area contributed by atoms with Gasteiger partial charge in [-0.3, -0.25) is 19.5 Å². The minimum Gasteiger partial charge on any atom is -0.393 e. The maximum atomic E-state index is 12.9. The van der Waals surface area contributed by atoms with Crippen LogP contribution in [0.25, 0.3) is 0 Å². The highest BCUT2D eigenvalue weighted by molar-refractivity contribution is 6.10. The summed E-state index contributed by atoms with van der Waals surface area (Å²) in [5.41, 5.74) is 4.00. The number of anilines is 3. The summed E-state index contributed by atoms with van der Waals surface area (Å²) >= 11 is 0. The maximum absolute atomic E-state index is 12.9. The van der Waals surface area contributed by atoms with Crippen molar-refractivity contribution < 1.29 is 19.5 Å². The topological polar surface area (TPSA) is 127 Å². The fourth-order valence-electron chi connectivity index (χ4n) is 4.31. The number of nitrogens with one attached hydrogen (secondary N) is 3. The van der Waals surface area contributed by atoms with Gasteiger partial charge in [-0.05, 0) is 91.7 Å². The average Bonchev–Trinajstić information content (AvgIpc) is 3.50. The fourth-order valence-corrected chi connectivity index (χ4v) is 4.31. The van der Waals surface area contributed by atoms with Crippen LogP contribution in [0.3, 0.4) is 0 Å². The number of H-pyrrole nitrogens is 1. The van der Waals surface area contributed by atoms with Crippen LogP contribution in [0.15, 0.2) is 85.1 Å². The van der Waals surface area contributed by atoms with Crippen LogP contribution in [0.2, 0.25) is 0 Å². The number of nitrogens with zero attached hydrogens (tertiary/aromatic N) is 2. The van der Waals surface area contributed by atoms with Crippen molar-refractivity contribution in [3.8, 4) is 0 Å².